The van der Waals surface area contributed by atoms with Crippen LogP contribution in [0.15, 0.2) is 0 Å². The van der Waals surface area contributed by atoms with E-state index >= 15 is 0 Å². The van der Waals surface area contributed by atoms with Gasteiger partial charge in [0.1, 0.15) is 5.78 Å². The number of likely N-dealkylation sites (tertiary alicyclic amines) is 2. The lowest BCUT2D eigenvalue weighted by Crippen LogP contribution is -2.45. The van der Waals surface area contributed by atoms with Gasteiger partial charge in [-0.15, -0.1) is 0 Å². The van der Waals surface area contributed by atoms with Crippen molar-refractivity contribution < 1.29 is 4.79 Å². The summed E-state index contributed by atoms with van der Waals surface area (Å²) >= 11 is 0. The van der Waals surface area contributed by atoms with Crippen LogP contribution < -0.4 is 0 Å². The minimum Gasteiger partial charge on any atom is -0.302 e. The molecule has 1 atom stereocenters. The van der Waals surface area contributed by atoms with Crippen LogP contribution in [0.3, 0.4) is 0 Å². The van der Waals surface area contributed by atoms with Crippen molar-refractivity contribution in [3.63, 3.8) is 0 Å². The van der Waals surface area contributed by atoms with Crippen molar-refractivity contribution in [3.05, 3.63) is 0 Å². The number of Topliss-reactive ketones (excluding diaryl/α,β-unsaturated/α-hetero) is 1. The third kappa shape index (κ3) is 4.36. The lowest BCUT2D eigenvalue weighted by molar-refractivity contribution is -0.118. The average Bonchev–Trinajstić information content (AvgIpc) is 2.38. The van der Waals surface area contributed by atoms with Gasteiger partial charge in [-0.25, -0.2) is 0 Å². The molecule has 0 aromatic heterocycles. The Morgan fingerprint density at radius 2 is 1.72 bits per heavy atom. The zero-order valence-corrected chi connectivity index (χ0v) is 11.9. The van der Waals surface area contributed by atoms with Gasteiger partial charge < -0.3 is 4.90 Å². The summed E-state index contributed by atoms with van der Waals surface area (Å²) in [7, 11) is 0. The van der Waals surface area contributed by atoms with Crippen LogP contribution in [-0.4, -0.2) is 54.3 Å². The molecule has 3 nitrogen and oxygen atoms in total. The van der Waals surface area contributed by atoms with Crippen LogP contribution in [-0.2, 0) is 4.79 Å². The van der Waals surface area contributed by atoms with E-state index in [0.717, 1.165) is 13.0 Å². The number of rotatable bonds is 5. The molecule has 3 heteroatoms. The fourth-order valence-electron chi connectivity index (χ4n) is 3.37. The summed E-state index contributed by atoms with van der Waals surface area (Å²) in [5.74, 6) is 0.352. The van der Waals surface area contributed by atoms with Crippen LogP contribution in [0.1, 0.15) is 51.9 Å². The molecule has 2 heterocycles. The molecule has 2 aliphatic heterocycles. The zero-order chi connectivity index (χ0) is 12.8. The Kier molecular flexibility index (Phi) is 5.64. The third-order valence-corrected chi connectivity index (χ3v) is 4.42. The van der Waals surface area contributed by atoms with Crippen molar-refractivity contribution in [1.82, 2.24) is 9.80 Å². The first-order chi connectivity index (χ1) is 8.75. The molecule has 0 N–H and O–H groups in total. The molecule has 2 fully saturated rings. The Balaban J connectivity index is 1.75. The molecule has 1 unspecified atom stereocenters. The van der Waals surface area contributed by atoms with Gasteiger partial charge in [0.05, 0.1) is 0 Å². The Morgan fingerprint density at radius 3 is 2.44 bits per heavy atom. The molecular weight excluding hydrogens is 224 g/mol. The maximum absolute atomic E-state index is 11.3. The molecule has 0 bridgehead atoms. The van der Waals surface area contributed by atoms with Gasteiger partial charge in [0.2, 0.25) is 0 Å². The van der Waals surface area contributed by atoms with E-state index in [2.05, 4.69) is 9.80 Å². The fraction of sp³-hybridized carbons (Fsp3) is 0.933. The number of carbonyl (C=O) groups is 1. The molecule has 0 amide bonds. The summed E-state index contributed by atoms with van der Waals surface area (Å²) < 4.78 is 0. The predicted molar refractivity (Wildman–Crippen MR) is 74.8 cm³/mol. The average molecular weight is 252 g/mol. The minimum atomic E-state index is 0.352. The second-order valence-electron chi connectivity index (χ2n) is 5.99. The van der Waals surface area contributed by atoms with E-state index in [0.29, 0.717) is 11.8 Å². The Morgan fingerprint density at radius 1 is 1.00 bits per heavy atom. The summed E-state index contributed by atoms with van der Waals surface area (Å²) in [5.41, 5.74) is 0. The normalized spacial score (nSPS) is 27.3. The quantitative estimate of drug-likeness (QED) is 0.750. The highest BCUT2D eigenvalue weighted by Crippen LogP contribution is 2.20. The van der Waals surface area contributed by atoms with Crippen LogP contribution in [0.25, 0.3) is 0 Å². The topological polar surface area (TPSA) is 23.6 Å². The Bertz CT molecular complexity index is 261. The van der Waals surface area contributed by atoms with Crippen molar-refractivity contribution in [3.8, 4) is 0 Å². The lowest BCUT2D eigenvalue weighted by atomic mass is 9.98. The minimum absolute atomic E-state index is 0.352. The zero-order valence-electron chi connectivity index (χ0n) is 11.9. The predicted octanol–water partition coefficient (Wildman–Crippen LogP) is 2.31. The molecule has 0 radical (unpaired) electrons. The van der Waals surface area contributed by atoms with E-state index in [9.17, 15) is 4.79 Å². The number of nitrogens with zero attached hydrogens (tertiary/aromatic N) is 2. The number of ketones is 1. The third-order valence-electron chi connectivity index (χ3n) is 4.42. The summed E-state index contributed by atoms with van der Waals surface area (Å²) in [6.07, 6.45) is 8.76. The molecule has 0 aromatic carbocycles. The fourth-order valence-corrected chi connectivity index (χ4v) is 3.37. The van der Waals surface area contributed by atoms with E-state index in [-0.39, 0.29) is 0 Å². The van der Waals surface area contributed by atoms with Gasteiger partial charge in [-0.1, -0.05) is 12.8 Å². The molecule has 0 aromatic rings. The van der Waals surface area contributed by atoms with Crippen molar-refractivity contribution in [1.29, 1.82) is 0 Å². The van der Waals surface area contributed by atoms with E-state index in [4.69, 9.17) is 0 Å². The van der Waals surface area contributed by atoms with Gasteiger partial charge >= 0.3 is 0 Å². The van der Waals surface area contributed by atoms with Gasteiger partial charge in [0.15, 0.2) is 0 Å². The molecule has 18 heavy (non-hydrogen) atoms. The Labute approximate surface area is 112 Å². The molecule has 2 saturated heterocycles. The van der Waals surface area contributed by atoms with Crippen LogP contribution in [0.2, 0.25) is 0 Å². The number of hydrogen-bond donors (Lipinski definition) is 0. The molecule has 2 aliphatic rings. The van der Waals surface area contributed by atoms with Crippen LogP contribution in [0, 0.1) is 0 Å². The summed E-state index contributed by atoms with van der Waals surface area (Å²) in [6, 6.07) is 0.529. The van der Waals surface area contributed by atoms with Gasteiger partial charge in [-0.2, -0.15) is 0 Å². The SMILES string of the molecule is CC(=O)CC1CCCCN1CCN1CCCCC1. The summed E-state index contributed by atoms with van der Waals surface area (Å²) in [4.78, 5) is 16.5. The molecule has 2 rings (SSSR count). The van der Waals surface area contributed by atoms with Crippen molar-refractivity contribution in [2.24, 2.45) is 0 Å². The van der Waals surface area contributed by atoms with Crippen LogP contribution >= 0.6 is 0 Å². The van der Waals surface area contributed by atoms with Gasteiger partial charge in [0, 0.05) is 25.6 Å². The highest BCUT2D eigenvalue weighted by atomic mass is 16.1. The lowest BCUT2D eigenvalue weighted by Gasteiger charge is -2.37. The molecule has 104 valence electrons. The van der Waals surface area contributed by atoms with Crippen molar-refractivity contribution >= 4 is 5.78 Å². The van der Waals surface area contributed by atoms with E-state index in [1.807, 2.05) is 0 Å². The Hall–Kier alpha value is -0.410. The monoisotopic (exact) mass is 252 g/mol. The number of hydrogen-bond acceptors (Lipinski definition) is 3. The van der Waals surface area contributed by atoms with Gasteiger partial charge in [0.25, 0.3) is 0 Å². The second-order valence-corrected chi connectivity index (χ2v) is 5.99. The maximum atomic E-state index is 11.3. The van der Waals surface area contributed by atoms with Gasteiger partial charge in [-0.05, 0) is 52.2 Å². The maximum Gasteiger partial charge on any atom is 0.131 e. The largest absolute Gasteiger partial charge is 0.302 e. The van der Waals surface area contributed by atoms with E-state index in [1.165, 1.54) is 64.7 Å². The number of piperidine rings is 2. The molecule has 0 spiro atoms. The number of carbonyl (C=O) groups excluding carboxylic acids is 1. The molecule has 0 saturated carbocycles. The highest BCUT2D eigenvalue weighted by Gasteiger charge is 2.23. The first kappa shape index (κ1) is 14.0. The molecular formula is C15H28N2O. The summed E-state index contributed by atoms with van der Waals surface area (Å²) in [6.45, 7) is 7.87. The smallest absolute Gasteiger partial charge is 0.131 e. The van der Waals surface area contributed by atoms with Gasteiger partial charge in [-0.3, -0.25) is 9.69 Å². The first-order valence-corrected chi connectivity index (χ1v) is 7.71. The van der Waals surface area contributed by atoms with E-state index in [1.54, 1.807) is 6.92 Å². The van der Waals surface area contributed by atoms with Crippen LogP contribution in [0.4, 0.5) is 0 Å². The van der Waals surface area contributed by atoms with Crippen LogP contribution in [0.5, 0.6) is 0 Å². The van der Waals surface area contributed by atoms with E-state index < -0.39 is 0 Å². The first-order valence-electron chi connectivity index (χ1n) is 7.71. The molecule has 0 aliphatic carbocycles. The summed E-state index contributed by atoms with van der Waals surface area (Å²) in [5, 5.41) is 0. The standard InChI is InChI=1S/C15H28N2O/c1-14(18)13-15-7-3-6-10-17(15)12-11-16-8-4-2-5-9-16/h15H,2-13H2,1H3. The van der Waals surface area contributed by atoms with Crippen molar-refractivity contribution in [2.45, 2.75) is 57.9 Å². The van der Waals surface area contributed by atoms with Crippen molar-refractivity contribution in [2.75, 3.05) is 32.7 Å². The second kappa shape index (κ2) is 7.25. The highest BCUT2D eigenvalue weighted by molar-refractivity contribution is 5.76.